The van der Waals surface area contributed by atoms with E-state index in [-0.39, 0.29) is 36.2 Å². The number of rotatable bonds is 9. The molecule has 0 saturated carbocycles. The number of sulfonamides is 1. The van der Waals surface area contributed by atoms with E-state index >= 15 is 0 Å². The summed E-state index contributed by atoms with van der Waals surface area (Å²) in [6, 6.07) is 16.9. The van der Waals surface area contributed by atoms with Crippen LogP contribution in [0.15, 0.2) is 71.8 Å². The SMILES string of the molecule is Cc1ccc(S(=O)(=O)NCCC(=O)Nc2cccc(C(=O)NCc3ccccn3)c2)cc1C. The average Bonchev–Trinajstić information content (AvgIpc) is 2.80. The molecule has 0 aliphatic carbocycles. The van der Waals surface area contributed by atoms with E-state index in [2.05, 4.69) is 20.3 Å². The van der Waals surface area contributed by atoms with Gasteiger partial charge in [0.1, 0.15) is 0 Å². The van der Waals surface area contributed by atoms with Crippen molar-refractivity contribution >= 4 is 27.5 Å². The van der Waals surface area contributed by atoms with Crippen molar-refractivity contribution in [2.24, 2.45) is 0 Å². The Hall–Kier alpha value is -3.56. The van der Waals surface area contributed by atoms with Crippen LogP contribution in [0, 0.1) is 13.8 Å². The second-order valence-electron chi connectivity index (χ2n) is 7.53. The summed E-state index contributed by atoms with van der Waals surface area (Å²) in [4.78, 5) is 29.0. The van der Waals surface area contributed by atoms with Gasteiger partial charge in [0.25, 0.3) is 5.91 Å². The third-order valence-corrected chi connectivity index (χ3v) is 6.46. The molecule has 1 heterocycles. The van der Waals surface area contributed by atoms with Crippen molar-refractivity contribution in [3.8, 4) is 0 Å². The van der Waals surface area contributed by atoms with Gasteiger partial charge in [-0.25, -0.2) is 13.1 Å². The van der Waals surface area contributed by atoms with Gasteiger partial charge in [-0.15, -0.1) is 0 Å². The van der Waals surface area contributed by atoms with Crippen molar-refractivity contribution in [1.82, 2.24) is 15.0 Å². The molecule has 172 valence electrons. The van der Waals surface area contributed by atoms with Crippen molar-refractivity contribution in [3.05, 3.63) is 89.2 Å². The molecule has 0 aliphatic heterocycles. The Bertz CT molecular complexity index is 1240. The van der Waals surface area contributed by atoms with Gasteiger partial charge in [0.2, 0.25) is 15.9 Å². The van der Waals surface area contributed by atoms with E-state index in [9.17, 15) is 18.0 Å². The monoisotopic (exact) mass is 466 g/mol. The Kier molecular flexibility index (Phi) is 7.92. The Balaban J connectivity index is 1.51. The predicted molar refractivity (Wildman–Crippen MR) is 126 cm³/mol. The molecule has 8 nitrogen and oxygen atoms in total. The molecule has 3 rings (SSSR count). The maximum absolute atomic E-state index is 12.4. The van der Waals surface area contributed by atoms with Crippen molar-refractivity contribution in [1.29, 1.82) is 0 Å². The molecule has 0 bridgehead atoms. The highest BCUT2D eigenvalue weighted by Gasteiger charge is 2.15. The number of nitrogens with zero attached hydrogens (tertiary/aromatic N) is 1. The minimum absolute atomic E-state index is 0.0503. The van der Waals surface area contributed by atoms with Gasteiger partial charge < -0.3 is 10.6 Å². The first-order chi connectivity index (χ1) is 15.7. The number of carbonyl (C=O) groups is 2. The molecule has 2 amide bonds. The first-order valence-electron chi connectivity index (χ1n) is 10.4. The number of aryl methyl sites for hydroxylation is 2. The van der Waals surface area contributed by atoms with E-state index in [1.807, 2.05) is 26.0 Å². The zero-order valence-electron chi connectivity index (χ0n) is 18.5. The average molecular weight is 467 g/mol. The highest BCUT2D eigenvalue weighted by molar-refractivity contribution is 7.89. The Morgan fingerprint density at radius 2 is 1.76 bits per heavy atom. The smallest absolute Gasteiger partial charge is 0.251 e. The number of amides is 2. The number of anilines is 1. The van der Waals surface area contributed by atoms with E-state index in [0.717, 1.165) is 16.8 Å². The van der Waals surface area contributed by atoms with Crippen LogP contribution in [-0.4, -0.2) is 31.8 Å². The third kappa shape index (κ3) is 6.96. The quantitative estimate of drug-likeness (QED) is 0.448. The van der Waals surface area contributed by atoms with Gasteiger partial charge in [-0.05, 0) is 67.4 Å². The number of hydrogen-bond donors (Lipinski definition) is 3. The fourth-order valence-electron chi connectivity index (χ4n) is 3.00. The van der Waals surface area contributed by atoms with Gasteiger partial charge in [0.05, 0.1) is 17.1 Å². The molecule has 0 unspecified atom stereocenters. The number of nitrogens with one attached hydrogen (secondary N) is 3. The van der Waals surface area contributed by atoms with Crippen LogP contribution in [-0.2, 0) is 21.4 Å². The molecule has 2 aromatic carbocycles. The van der Waals surface area contributed by atoms with Crippen LogP contribution in [0.1, 0.15) is 33.6 Å². The number of pyridine rings is 1. The van der Waals surface area contributed by atoms with Gasteiger partial charge in [0.15, 0.2) is 0 Å². The van der Waals surface area contributed by atoms with Crippen LogP contribution in [0.4, 0.5) is 5.69 Å². The zero-order chi connectivity index (χ0) is 23.8. The lowest BCUT2D eigenvalue weighted by Gasteiger charge is -2.10. The van der Waals surface area contributed by atoms with Crippen molar-refractivity contribution in [3.63, 3.8) is 0 Å². The summed E-state index contributed by atoms with van der Waals surface area (Å²) in [5.41, 5.74) is 3.45. The molecule has 3 aromatic rings. The minimum atomic E-state index is -3.70. The molecular formula is C24H26N4O4S. The third-order valence-electron chi connectivity index (χ3n) is 5.00. The molecule has 3 N–H and O–H groups in total. The highest BCUT2D eigenvalue weighted by Crippen LogP contribution is 2.15. The number of aromatic nitrogens is 1. The van der Waals surface area contributed by atoms with Gasteiger partial charge in [-0.3, -0.25) is 14.6 Å². The van der Waals surface area contributed by atoms with Crippen molar-refractivity contribution in [2.45, 2.75) is 31.7 Å². The zero-order valence-corrected chi connectivity index (χ0v) is 19.3. The van der Waals surface area contributed by atoms with Crippen LogP contribution >= 0.6 is 0 Å². The predicted octanol–water partition coefficient (Wildman–Crippen LogP) is 2.94. The summed E-state index contributed by atoms with van der Waals surface area (Å²) in [5, 5.41) is 5.47. The van der Waals surface area contributed by atoms with E-state index in [1.54, 1.807) is 48.7 Å². The topological polar surface area (TPSA) is 117 Å². The maximum Gasteiger partial charge on any atom is 0.251 e. The molecule has 0 aliphatic rings. The van der Waals surface area contributed by atoms with E-state index < -0.39 is 10.0 Å². The molecule has 0 fully saturated rings. The fourth-order valence-corrected chi connectivity index (χ4v) is 4.12. The summed E-state index contributed by atoms with van der Waals surface area (Å²) in [7, 11) is -3.70. The molecule has 9 heteroatoms. The Morgan fingerprint density at radius 3 is 2.48 bits per heavy atom. The Labute approximate surface area is 193 Å². The highest BCUT2D eigenvalue weighted by atomic mass is 32.2. The maximum atomic E-state index is 12.4. The van der Waals surface area contributed by atoms with Crippen molar-refractivity contribution in [2.75, 3.05) is 11.9 Å². The largest absolute Gasteiger partial charge is 0.346 e. The first kappa shape index (κ1) is 24.1. The second-order valence-corrected chi connectivity index (χ2v) is 9.29. The minimum Gasteiger partial charge on any atom is -0.346 e. The molecular weight excluding hydrogens is 440 g/mol. The van der Waals surface area contributed by atoms with E-state index in [1.165, 1.54) is 6.07 Å². The normalized spacial score (nSPS) is 11.1. The van der Waals surface area contributed by atoms with E-state index in [0.29, 0.717) is 11.3 Å². The fraction of sp³-hybridized carbons (Fsp3) is 0.208. The van der Waals surface area contributed by atoms with Gasteiger partial charge >= 0.3 is 0 Å². The standard InChI is InChI=1S/C24H26N4O4S/c1-17-9-10-22(14-18(17)2)33(31,32)27-13-11-23(29)28-20-8-5-6-19(15-20)24(30)26-16-21-7-3-4-12-25-21/h3-10,12,14-15,27H,11,13,16H2,1-2H3,(H,26,30)(H,28,29). The summed E-state index contributed by atoms with van der Waals surface area (Å²) in [6.07, 6.45) is 1.60. The number of hydrogen-bond acceptors (Lipinski definition) is 5. The van der Waals surface area contributed by atoms with Crippen LogP contribution in [0.25, 0.3) is 0 Å². The van der Waals surface area contributed by atoms with Gasteiger partial charge in [-0.1, -0.05) is 18.2 Å². The second kappa shape index (κ2) is 10.8. The summed E-state index contributed by atoms with van der Waals surface area (Å²) in [6.45, 7) is 3.99. The van der Waals surface area contributed by atoms with Gasteiger partial charge in [-0.2, -0.15) is 0 Å². The summed E-state index contributed by atoms with van der Waals surface area (Å²) < 4.78 is 27.3. The molecule has 0 radical (unpaired) electrons. The molecule has 0 saturated heterocycles. The molecule has 0 atom stereocenters. The molecule has 0 spiro atoms. The summed E-state index contributed by atoms with van der Waals surface area (Å²) >= 11 is 0. The van der Waals surface area contributed by atoms with Crippen LogP contribution in [0.5, 0.6) is 0 Å². The molecule has 33 heavy (non-hydrogen) atoms. The summed E-state index contributed by atoms with van der Waals surface area (Å²) in [5.74, 6) is -0.665. The Morgan fingerprint density at radius 1 is 0.939 bits per heavy atom. The lowest BCUT2D eigenvalue weighted by atomic mass is 10.1. The first-order valence-corrected chi connectivity index (χ1v) is 11.9. The molecule has 1 aromatic heterocycles. The van der Waals surface area contributed by atoms with Crippen LogP contribution in [0.3, 0.4) is 0 Å². The number of carbonyl (C=O) groups excluding carboxylic acids is 2. The lowest BCUT2D eigenvalue weighted by Crippen LogP contribution is -2.28. The van der Waals surface area contributed by atoms with Crippen LogP contribution < -0.4 is 15.4 Å². The van der Waals surface area contributed by atoms with Crippen LogP contribution in [0.2, 0.25) is 0 Å². The lowest BCUT2D eigenvalue weighted by molar-refractivity contribution is -0.116. The van der Waals surface area contributed by atoms with E-state index in [4.69, 9.17) is 0 Å². The van der Waals surface area contributed by atoms with Gasteiger partial charge in [0, 0.05) is 30.4 Å². The van der Waals surface area contributed by atoms with Crippen molar-refractivity contribution < 1.29 is 18.0 Å². The number of benzene rings is 2.